The lowest BCUT2D eigenvalue weighted by atomic mass is 10.5. The van der Waals surface area contributed by atoms with E-state index in [0.717, 1.165) is 0 Å². The van der Waals surface area contributed by atoms with Crippen molar-refractivity contribution >= 4 is 11.8 Å². The zero-order valence-corrected chi connectivity index (χ0v) is 6.86. The van der Waals surface area contributed by atoms with Crippen molar-refractivity contribution < 1.29 is 22.8 Å². The molecule has 0 radical (unpaired) electrons. The third kappa shape index (κ3) is 5.05. The van der Waals surface area contributed by atoms with Gasteiger partial charge in [-0.2, -0.15) is 13.2 Å². The first-order valence-electron chi connectivity index (χ1n) is 3.49. The average molecular weight is 198 g/mol. The second-order valence-electron chi connectivity index (χ2n) is 2.13. The number of carbonyl (C=O) groups excluding carboxylic acids is 2. The van der Waals surface area contributed by atoms with Gasteiger partial charge in [-0.15, -0.1) is 0 Å². The lowest BCUT2D eigenvalue weighted by Crippen LogP contribution is -2.42. The van der Waals surface area contributed by atoms with Gasteiger partial charge in [0, 0.05) is 6.54 Å². The molecule has 0 aromatic heterocycles. The van der Waals surface area contributed by atoms with Gasteiger partial charge in [0.25, 0.3) is 0 Å². The van der Waals surface area contributed by atoms with Crippen molar-refractivity contribution in [3.05, 3.63) is 0 Å². The molecule has 7 heteroatoms. The second kappa shape index (κ2) is 4.68. The molecule has 0 fully saturated rings. The van der Waals surface area contributed by atoms with E-state index in [9.17, 15) is 22.8 Å². The van der Waals surface area contributed by atoms with Gasteiger partial charge in [-0.05, 0) is 6.92 Å². The molecule has 0 spiro atoms. The van der Waals surface area contributed by atoms with Crippen LogP contribution >= 0.6 is 0 Å². The Bertz CT molecular complexity index is 203. The van der Waals surface area contributed by atoms with Crippen molar-refractivity contribution in [3.63, 3.8) is 0 Å². The maximum Gasteiger partial charge on any atom is 0.471 e. The molecule has 0 aromatic rings. The molecule has 0 aliphatic carbocycles. The van der Waals surface area contributed by atoms with Gasteiger partial charge in [-0.1, -0.05) is 0 Å². The van der Waals surface area contributed by atoms with Gasteiger partial charge in [0.1, 0.15) is 0 Å². The summed E-state index contributed by atoms with van der Waals surface area (Å²) in [5.74, 6) is -2.76. The highest BCUT2D eigenvalue weighted by atomic mass is 19.4. The molecule has 13 heavy (non-hydrogen) atoms. The standard InChI is InChI=1S/C6H9F3N2O2/c1-2-10-4(12)3-11-5(13)6(7,8)9/h2-3H2,1H3,(H,10,12)(H,11,13). The van der Waals surface area contributed by atoms with Crippen LogP contribution in [0.1, 0.15) is 6.92 Å². The van der Waals surface area contributed by atoms with Crippen LogP contribution in [0.3, 0.4) is 0 Å². The molecule has 4 nitrogen and oxygen atoms in total. The molecule has 0 aromatic carbocycles. The summed E-state index contributed by atoms with van der Waals surface area (Å²) in [4.78, 5) is 20.7. The predicted octanol–water partition coefficient (Wildman–Crippen LogP) is -0.199. The largest absolute Gasteiger partial charge is 0.471 e. The lowest BCUT2D eigenvalue weighted by molar-refractivity contribution is -0.173. The monoisotopic (exact) mass is 198 g/mol. The minimum atomic E-state index is -4.94. The van der Waals surface area contributed by atoms with E-state index in [1.54, 1.807) is 6.92 Å². The zero-order valence-electron chi connectivity index (χ0n) is 6.86. The average Bonchev–Trinajstić information content (AvgIpc) is 1.99. The molecular formula is C6H9F3N2O2. The first-order valence-corrected chi connectivity index (χ1v) is 3.49. The van der Waals surface area contributed by atoms with E-state index in [-0.39, 0.29) is 0 Å². The van der Waals surface area contributed by atoms with E-state index in [4.69, 9.17) is 0 Å². The van der Waals surface area contributed by atoms with Gasteiger partial charge in [-0.3, -0.25) is 9.59 Å². The fourth-order valence-corrected chi connectivity index (χ4v) is 0.520. The van der Waals surface area contributed by atoms with E-state index in [2.05, 4.69) is 5.32 Å². The van der Waals surface area contributed by atoms with Crippen molar-refractivity contribution in [2.75, 3.05) is 13.1 Å². The van der Waals surface area contributed by atoms with Crippen LogP contribution in [-0.2, 0) is 9.59 Å². The van der Waals surface area contributed by atoms with Crippen LogP contribution in [0, 0.1) is 0 Å². The summed E-state index contributed by atoms with van der Waals surface area (Å²) in [6.07, 6.45) is -4.94. The maximum absolute atomic E-state index is 11.5. The Morgan fingerprint density at radius 3 is 2.15 bits per heavy atom. The topological polar surface area (TPSA) is 58.2 Å². The van der Waals surface area contributed by atoms with Crippen LogP contribution in [0.4, 0.5) is 13.2 Å². The number of hydrogen-bond acceptors (Lipinski definition) is 2. The van der Waals surface area contributed by atoms with Crippen LogP contribution in [0.25, 0.3) is 0 Å². The number of nitrogens with one attached hydrogen (secondary N) is 2. The third-order valence-electron chi connectivity index (χ3n) is 1.04. The number of hydrogen-bond donors (Lipinski definition) is 2. The Kier molecular flexibility index (Phi) is 4.22. The fourth-order valence-electron chi connectivity index (χ4n) is 0.520. The number of likely N-dealkylation sites (N-methyl/N-ethyl adjacent to an activating group) is 1. The summed E-state index contributed by atoms with van der Waals surface area (Å²) >= 11 is 0. The molecule has 76 valence electrons. The van der Waals surface area contributed by atoms with E-state index in [1.165, 1.54) is 5.32 Å². The highest BCUT2D eigenvalue weighted by molar-refractivity contribution is 5.87. The quantitative estimate of drug-likeness (QED) is 0.659. The molecule has 0 bridgehead atoms. The summed E-state index contributed by atoms with van der Waals surface area (Å²) < 4.78 is 34.6. The summed E-state index contributed by atoms with van der Waals surface area (Å²) in [7, 11) is 0. The molecule has 0 rings (SSSR count). The molecule has 0 saturated carbocycles. The molecule has 0 saturated heterocycles. The van der Waals surface area contributed by atoms with Gasteiger partial charge >= 0.3 is 12.1 Å². The number of halogens is 3. The normalized spacial score (nSPS) is 10.8. The van der Waals surface area contributed by atoms with Gasteiger partial charge in [0.05, 0.1) is 6.54 Å². The first-order chi connectivity index (χ1) is 5.88. The molecule has 0 aliphatic heterocycles. The van der Waals surface area contributed by atoms with Crippen molar-refractivity contribution in [1.29, 1.82) is 0 Å². The summed E-state index contributed by atoms with van der Waals surface area (Å²) in [6.45, 7) is 1.26. The van der Waals surface area contributed by atoms with Crippen LogP contribution < -0.4 is 10.6 Å². The Morgan fingerprint density at radius 1 is 1.23 bits per heavy atom. The number of amides is 2. The Balaban J connectivity index is 3.77. The van der Waals surface area contributed by atoms with Crippen LogP contribution in [0.15, 0.2) is 0 Å². The van der Waals surface area contributed by atoms with E-state index in [0.29, 0.717) is 6.54 Å². The van der Waals surface area contributed by atoms with Gasteiger partial charge < -0.3 is 10.6 Å². The Morgan fingerprint density at radius 2 is 1.77 bits per heavy atom. The fraction of sp³-hybridized carbons (Fsp3) is 0.667. The summed E-state index contributed by atoms with van der Waals surface area (Å²) in [5.41, 5.74) is 0. The molecular weight excluding hydrogens is 189 g/mol. The number of alkyl halides is 3. The van der Waals surface area contributed by atoms with Gasteiger partial charge in [0.15, 0.2) is 0 Å². The summed E-state index contributed by atoms with van der Waals surface area (Å²) in [6, 6.07) is 0. The maximum atomic E-state index is 11.5. The van der Waals surface area contributed by atoms with Crippen molar-refractivity contribution in [2.45, 2.75) is 13.1 Å². The molecule has 0 unspecified atom stereocenters. The Hall–Kier alpha value is -1.27. The summed E-state index contributed by atoms with van der Waals surface area (Å²) in [5, 5.41) is 3.66. The molecule has 0 aliphatic rings. The van der Waals surface area contributed by atoms with Crippen molar-refractivity contribution in [2.24, 2.45) is 0 Å². The molecule has 2 amide bonds. The minimum absolute atomic E-state index is 0.306. The van der Waals surface area contributed by atoms with E-state index < -0.39 is 24.5 Å². The third-order valence-corrected chi connectivity index (χ3v) is 1.04. The van der Waals surface area contributed by atoms with Gasteiger partial charge in [0.2, 0.25) is 5.91 Å². The first kappa shape index (κ1) is 11.7. The highest BCUT2D eigenvalue weighted by Gasteiger charge is 2.38. The smallest absolute Gasteiger partial charge is 0.355 e. The molecule has 2 N–H and O–H groups in total. The number of rotatable bonds is 3. The SMILES string of the molecule is CCNC(=O)CNC(=O)C(F)(F)F. The lowest BCUT2D eigenvalue weighted by Gasteiger charge is -2.07. The number of carbonyl (C=O) groups is 2. The highest BCUT2D eigenvalue weighted by Crippen LogP contribution is 2.13. The zero-order chi connectivity index (χ0) is 10.5. The molecule has 0 heterocycles. The van der Waals surface area contributed by atoms with Crippen LogP contribution in [-0.4, -0.2) is 31.1 Å². The predicted molar refractivity (Wildman–Crippen MR) is 37.7 cm³/mol. The van der Waals surface area contributed by atoms with E-state index in [1.807, 2.05) is 0 Å². The molecule has 0 atom stereocenters. The minimum Gasteiger partial charge on any atom is -0.355 e. The van der Waals surface area contributed by atoms with Crippen LogP contribution in [0.5, 0.6) is 0 Å². The van der Waals surface area contributed by atoms with Crippen molar-refractivity contribution in [1.82, 2.24) is 10.6 Å². The van der Waals surface area contributed by atoms with Crippen LogP contribution in [0.2, 0.25) is 0 Å². The Labute approximate surface area is 72.5 Å². The van der Waals surface area contributed by atoms with Crippen molar-refractivity contribution in [3.8, 4) is 0 Å². The van der Waals surface area contributed by atoms with Gasteiger partial charge in [-0.25, -0.2) is 0 Å². The second-order valence-corrected chi connectivity index (χ2v) is 2.13. The van der Waals surface area contributed by atoms with E-state index >= 15 is 0 Å².